The first-order valence-corrected chi connectivity index (χ1v) is 10.2. The van der Waals surface area contributed by atoms with Gasteiger partial charge in [-0.3, -0.25) is 10.1 Å². The Hall–Kier alpha value is -1.90. The molecule has 0 aliphatic carbocycles. The second-order valence-corrected chi connectivity index (χ2v) is 8.19. The van der Waals surface area contributed by atoms with Gasteiger partial charge >= 0.3 is 0 Å². The summed E-state index contributed by atoms with van der Waals surface area (Å²) in [5.74, 6) is 0.593. The highest BCUT2D eigenvalue weighted by Gasteiger charge is 2.09. The van der Waals surface area contributed by atoms with Crippen molar-refractivity contribution in [2.45, 2.75) is 15.0 Å². The van der Waals surface area contributed by atoms with Gasteiger partial charge in [-0.2, -0.15) is 0 Å². The van der Waals surface area contributed by atoms with Crippen LogP contribution in [0, 0.1) is 5.82 Å². The molecule has 1 aromatic heterocycles. The van der Waals surface area contributed by atoms with Gasteiger partial charge in [0.2, 0.25) is 11.0 Å². The summed E-state index contributed by atoms with van der Waals surface area (Å²) in [4.78, 5) is 12.8. The fraction of sp³-hybridized carbons (Fsp3) is 0.118. The average molecular weight is 392 g/mol. The largest absolute Gasteiger partial charge is 0.300 e. The second-order valence-electron chi connectivity index (χ2n) is 4.94. The lowest BCUT2D eigenvalue weighted by Gasteiger charge is -2.01. The van der Waals surface area contributed by atoms with E-state index in [4.69, 9.17) is 0 Å². The van der Waals surface area contributed by atoms with Gasteiger partial charge in [-0.15, -0.1) is 22.0 Å². The number of hydrogen-bond acceptors (Lipinski definition) is 6. The number of nitrogens with zero attached hydrogens (tertiary/aromatic N) is 2. The minimum Gasteiger partial charge on any atom is -0.300 e. The van der Waals surface area contributed by atoms with Gasteiger partial charge in [0.25, 0.3) is 0 Å². The summed E-state index contributed by atoms with van der Waals surface area (Å²) < 4.78 is 13.7. The smallest absolute Gasteiger partial charge is 0.236 e. The predicted molar refractivity (Wildman–Crippen MR) is 102 cm³/mol. The van der Waals surface area contributed by atoms with Crippen molar-refractivity contribution in [1.29, 1.82) is 0 Å². The van der Waals surface area contributed by atoms with Crippen molar-refractivity contribution in [2.75, 3.05) is 11.1 Å². The molecule has 2 aromatic carbocycles. The number of amides is 1. The lowest BCUT2D eigenvalue weighted by Crippen LogP contribution is -2.13. The van der Waals surface area contributed by atoms with Gasteiger partial charge in [-0.05, 0) is 29.8 Å². The van der Waals surface area contributed by atoms with Crippen molar-refractivity contribution >= 4 is 45.9 Å². The van der Waals surface area contributed by atoms with E-state index in [0.29, 0.717) is 5.13 Å². The van der Waals surface area contributed by atoms with Crippen molar-refractivity contribution in [3.8, 4) is 0 Å². The standard InChI is InChI=1S/C17H14FN3OS3/c18-13-6-8-14(9-7-13)23-11-15(22)19-16-20-21-17(25-16)24-10-12-4-2-1-3-5-12/h1-9H,10-11H2,(H,19,20,22). The summed E-state index contributed by atoms with van der Waals surface area (Å²) in [7, 11) is 0. The summed E-state index contributed by atoms with van der Waals surface area (Å²) in [5, 5.41) is 11.3. The summed E-state index contributed by atoms with van der Waals surface area (Å²) >= 11 is 4.28. The number of aromatic nitrogens is 2. The zero-order valence-electron chi connectivity index (χ0n) is 13.0. The number of rotatable bonds is 7. The minimum atomic E-state index is -0.289. The third kappa shape index (κ3) is 5.84. The van der Waals surface area contributed by atoms with Gasteiger partial charge in [0, 0.05) is 10.6 Å². The molecule has 128 valence electrons. The van der Waals surface area contributed by atoms with Gasteiger partial charge in [-0.1, -0.05) is 53.4 Å². The highest BCUT2D eigenvalue weighted by molar-refractivity contribution is 8.00. The topological polar surface area (TPSA) is 54.9 Å². The molecule has 0 aliphatic heterocycles. The highest BCUT2D eigenvalue weighted by Crippen LogP contribution is 2.28. The molecule has 25 heavy (non-hydrogen) atoms. The quantitative estimate of drug-likeness (QED) is 0.467. The number of carbonyl (C=O) groups excluding carboxylic acids is 1. The van der Waals surface area contributed by atoms with Crippen molar-refractivity contribution in [3.05, 3.63) is 66.0 Å². The second kappa shape index (κ2) is 8.98. The Morgan fingerprint density at radius 1 is 1.04 bits per heavy atom. The summed E-state index contributed by atoms with van der Waals surface area (Å²) in [6, 6.07) is 16.2. The molecule has 0 unspecified atom stereocenters. The number of thioether (sulfide) groups is 2. The molecular weight excluding hydrogens is 377 g/mol. The molecule has 0 saturated heterocycles. The maximum atomic E-state index is 12.8. The molecule has 0 bridgehead atoms. The van der Waals surface area contributed by atoms with Crippen LogP contribution >= 0.6 is 34.9 Å². The number of carbonyl (C=O) groups is 1. The molecule has 0 aliphatic rings. The van der Waals surface area contributed by atoms with E-state index in [-0.39, 0.29) is 17.5 Å². The van der Waals surface area contributed by atoms with Crippen LogP contribution in [0.2, 0.25) is 0 Å². The maximum Gasteiger partial charge on any atom is 0.236 e. The molecular formula is C17H14FN3OS3. The lowest BCUT2D eigenvalue weighted by molar-refractivity contribution is -0.113. The first-order valence-electron chi connectivity index (χ1n) is 7.37. The van der Waals surface area contributed by atoms with Crippen LogP contribution in [-0.2, 0) is 10.5 Å². The Morgan fingerprint density at radius 2 is 1.80 bits per heavy atom. The van der Waals surface area contributed by atoms with Crippen LogP contribution < -0.4 is 5.32 Å². The molecule has 1 amide bonds. The SMILES string of the molecule is O=C(CSc1ccc(F)cc1)Nc1nnc(SCc2ccccc2)s1. The zero-order valence-corrected chi connectivity index (χ0v) is 15.5. The monoisotopic (exact) mass is 391 g/mol. The van der Waals surface area contributed by atoms with Crippen LogP contribution in [0.25, 0.3) is 0 Å². The van der Waals surface area contributed by atoms with Crippen LogP contribution in [0.15, 0.2) is 63.8 Å². The first-order chi connectivity index (χ1) is 12.2. The molecule has 0 spiro atoms. The number of benzene rings is 2. The molecule has 0 radical (unpaired) electrons. The molecule has 0 atom stereocenters. The van der Waals surface area contributed by atoms with Gasteiger partial charge in [-0.25, -0.2) is 4.39 Å². The fourth-order valence-corrected chi connectivity index (χ4v) is 4.30. The van der Waals surface area contributed by atoms with Crippen LogP contribution in [0.3, 0.4) is 0 Å². The first kappa shape index (κ1) is 17.9. The van der Waals surface area contributed by atoms with Gasteiger partial charge in [0.05, 0.1) is 5.75 Å². The zero-order chi connectivity index (χ0) is 17.5. The van der Waals surface area contributed by atoms with E-state index in [0.717, 1.165) is 15.0 Å². The number of anilines is 1. The predicted octanol–water partition coefficient (Wildman–Crippen LogP) is 4.70. The van der Waals surface area contributed by atoms with Crippen molar-refractivity contribution < 1.29 is 9.18 Å². The Balaban J connectivity index is 1.45. The van der Waals surface area contributed by atoms with Crippen LogP contribution in [0.1, 0.15) is 5.56 Å². The normalized spacial score (nSPS) is 10.6. The van der Waals surface area contributed by atoms with Crippen molar-refractivity contribution in [1.82, 2.24) is 10.2 Å². The van der Waals surface area contributed by atoms with Crippen LogP contribution in [0.4, 0.5) is 9.52 Å². The Kier molecular flexibility index (Phi) is 6.43. The van der Waals surface area contributed by atoms with Gasteiger partial charge in [0.1, 0.15) is 5.82 Å². The van der Waals surface area contributed by atoms with E-state index in [1.165, 1.54) is 40.8 Å². The van der Waals surface area contributed by atoms with E-state index in [1.54, 1.807) is 23.9 Å². The average Bonchev–Trinajstić information content (AvgIpc) is 3.08. The molecule has 0 fully saturated rings. The summed E-state index contributed by atoms with van der Waals surface area (Å²) in [6.45, 7) is 0. The molecule has 3 rings (SSSR count). The number of halogens is 1. The van der Waals surface area contributed by atoms with Gasteiger partial charge in [0.15, 0.2) is 4.34 Å². The van der Waals surface area contributed by atoms with E-state index in [2.05, 4.69) is 27.6 Å². The third-order valence-corrected chi connectivity index (χ3v) is 6.10. The van der Waals surface area contributed by atoms with E-state index >= 15 is 0 Å². The van der Waals surface area contributed by atoms with Crippen molar-refractivity contribution in [2.24, 2.45) is 0 Å². The third-order valence-electron chi connectivity index (χ3n) is 3.04. The van der Waals surface area contributed by atoms with E-state index in [1.807, 2.05) is 18.2 Å². The lowest BCUT2D eigenvalue weighted by atomic mass is 10.2. The van der Waals surface area contributed by atoms with Crippen LogP contribution in [0.5, 0.6) is 0 Å². The Labute approximate surface area is 157 Å². The molecule has 4 nitrogen and oxygen atoms in total. The fourth-order valence-electron chi connectivity index (χ4n) is 1.87. The Bertz CT molecular complexity index is 825. The minimum absolute atomic E-state index is 0.162. The van der Waals surface area contributed by atoms with Crippen LogP contribution in [-0.4, -0.2) is 21.9 Å². The molecule has 1 N–H and O–H groups in total. The molecule has 3 aromatic rings. The van der Waals surface area contributed by atoms with E-state index in [9.17, 15) is 9.18 Å². The molecule has 1 heterocycles. The highest BCUT2D eigenvalue weighted by atomic mass is 32.2. The van der Waals surface area contributed by atoms with Crippen molar-refractivity contribution in [3.63, 3.8) is 0 Å². The molecule has 0 saturated carbocycles. The Morgan fingerprint density at radius 3 is 2.56 bits per heavy atom. The number of nitrogens with one attached hydrogen (secondary N) is 1. The molecule has 8 heteroatoms. The van der Waals surface area contributed by atoms with Gasteiger partial charge < -0.3 is 0 Å². The summed E-state index contributed by atoms with van der Waals surface area (Å²) in [6.07, 6.45) is 0. The maximum absolute atomic E-state index is 12.8. The number of hydrogen-bond donors (Lipinski definition) is 1. The summed E-state index contributed by atoms with van der Waals surface area (Å²) in [5.41, 5.74) is 1.21. The van der Waals surface area contributed by atoms with E-state index < -0.39 is 0 Å².